The van der Waals surface area contributed by atoms with Crippen molar-refractivity contribution in [3.8, 4) is 0 Å². The number of carbonyl (C=O) groups excluding carboxylic acids is 1. The van der Waals surface area contributed by atoms with Crippen LogP contribution in [-0.2, 0) is 6.54 Å². The number of aryl methyl sites for hydroxylation is 2. The summed E-state index contributed by atoms with van der Waals surface area (Å²) in [5.41, 5.74) is 4.79. The summed E-state index contributed by atoms with van der Waals surface area (Å²) in [6.45, 7) is 4.59. The van der Waals surface area contributed by atoms with Crippen molar-refractivity contribution in [2.24, 2.45) is 0 Å². The van der Waals surface area contributed by atoms with Gasteiger partial charge in [-0.25, -0.2) is 0 Å². The van der Waals surface area contributed by atoms with Crippen molar-refractivity contribution < 1.29 is 4.79 Å². The van der Waals surface area contributed by atoms with E-state index in [4.69, 9.17) is 0 Å². The second kappa shape index (κ2) is 6.21. The molecule has 116 valence electrons. The molecule has 0 unspecified atom stereocenters. The average Bonchev–Trinajstić information content (AvgIpc) is 2.55. The summed E-state index contributed by atoms with van der Waals surface area (Å²) in [6, 6.07) is 17.8. The maximum Gasteiger partial charge on any atom is 0.254 e. The summed E-state index contributed by atoms with van der Waals surface area (Å²) >= 11 is 0. The minimum atomic E-state index is 0.0231. The molecule has 1 aromatic heterocycles. The number of para-hydroxylation sites is 1. The lowest BCUT2D eigenvalue weighted by Gasteiger charge is -2.19. The van der Waals surface area contributed by atoms with E-state index in [9.17, 15) is 4.79 Å². The van der Waals surface area contributed by atoms with Gasteiger partial charge in [0.2, 0.25) is 0 Å². The number of aromatic nitrogens is 1. The van der Waals surface area contributed by atoms with Crippen LogP contribution in [0.2, 0.25) is 0 Å². The van der Waals surface area contributed by atoms with Crippen molar-refractivity contribution in [1.29, 1.82) is 0 Å². The van der Waals surface area contributed by atoms with Gasteiger partial charge in [-0.2, -0.15) is 0 Å². The molecule has 0 fully saturated rings. The Labute approximate surface area is 136 Å². The van der Waals surface area contributed by atoms with Gasteiger partial charge in [-0.15, -0.1) is 0 Å². The molecule has 23 heavy (non-hydrogen) atoms. The molecule has 0 atom stereocenters. The van der Waals surface area contributed by atoms with Crippen LogP contribution in [0.25, 0.3) is 10.9 Å². The number of benzene rings is 2. The van der Waals surface area contributed by atoms with Gasteiger partial charge >= 0.3 is 0 Å². The van der Waals surface area contributed by atoms with Gasteiger partial charge in [0.05, 0.1) is 11.1 Å². The van der Waals surface area contributed by atoms with E-state index in [2.05, 4.69) is 24.0 Å². The standard InChI is InChI=1S/C20H20N2O/c1-14-8-4-5-9-16(14)13-22(3)20(23)18-12-15(2)21-19-11-7-6-10-17(18)19/h4-12H,13H2,1-3H3. The first-order valence-electron chi connectivity index (χ1n) is 7.72. The van der Waals surface area contributed by atoms with E-state index in [1.54, 1.807) is 4.90 Å². The van der Waals surface area contributed by atoms with Crippen molar-refractivity contribution >= 4 is 16.8 Å². The predicted molar refractivity (Wildman–Crippen MR) is 93.5 cm³/mol. The van der Waals surface area contributed by atoms with E-state index in [1.807, 2.05) is 56.4 Å². The van der Waals surface area contributed by atoms with E-state index < -0.39 is 0 Å². The van der Waals surface area contributed by atoms with Crippen LogP contribution in [0.1, 0.15) is 27.2 Å². The maximum absolute atomic E-state index is 12.9. The fourth-order valence-electron chi connectivity index (χ4n) is 2.81. The molecule has 3 heteroatoms. The third kappa shape index (κ3) is 3.09. The Morgan fingerprint density at radius 1 is 1.04 bits per heavy atom. The molecule has 2 aromatic carbocycles. The summed E-state index contributed by atoms with van der Waals surface area (Å²) in [5, 5.41) is 0.903. The first-order valence-corrected chi connectivity index (χ1v) is 7.72. The normalized spacial score (nSPS) is 10.7. The number of nitrogens with zero attached hydrogens (tertiary/aromatic N) is 2. The van der Waals surface area contributed by atoms with Gasteiger partial charge in [0.15, 0.2) is 0 Å². The number of carbonyl (C=O) groups is 1. The van der Waals surface area contributed by atoms with Gasteiger partial charge < -0.3 is 4.90 Å². The second-order valence-electron chi connectivity index (χ2n) is 5.92. The van der Waals surface area contributed by atoms with Gasteiger partial charge in [0.25, 0.3) is 5.91 Å². The maximum atomic E-state index is 12.9. The highest BCUT2D eigenvalue weighted by molar-refractivity contribution is 6.06. The first-order chi connectivity index (χ1) is 11.1. The molecule has 3 nitrogen and oxygen atoms in total. The minimum absolute atomic E-state index is 0.0231. The van der Waals surface area contributed by atoms with Crippen molar-refractivity contribution in [3.63, 3.8) is 0 Å². The second-order valence-corrected chi connectivity index (χ2v) is 5.92. The lowest BCUT2D eigenvalue weighted by atomic mass is 10.1. The highest BCUT2D eigenvalue weighted by Gasteiger charge is 2.16. The van der Waals surface area contributed by atoms with E-state index in [0.29, 0.717) is 12.1 Å². The predicted octanol–water partition coefficient (Wildman–Crippen LogP) is 4.12. The Balaban J connectivity index is 1.95. The van der Waals surface area contributed by atoms with Gasteiger partial charge in [-0.05, 0) is 37.1 Å². The monoisotopic (exact) mass is 304 g/mol. The lowest BCUT2D eigenvalue weighted by Crippen LogP contribution is -2.27. The van der Waals surface area contributed by atoms with Crippen LogP contribution in [0.4, 0.5) is 0 Å². The third-order valence-electron chi connectivity index (χ3n) is 4.09. The Morgan fingerprint density at radius 3 is 2.52 bits per heavy atom. The molecule has 0 bridgehead atoms. The third-order valence-corrected chi connectivity index (χ3v) is 4.09. The Bertz CT molecular complexity index is 870. The Hall–Kier alpha value is -2.68. The summed E-state index contributed by atoms with van der Waals surface area (Å²) < 4.78 is 0. The van der Waals surface area contributed by atoms with Gasteiger partial charge in [0.1, 0.15) is 0 Å². The minimum Gasteiger partial charge on any atom is -0.337 e. The molecule has 0 radical (unpaired) electrons. The molecule has 0 saturated carbocycles. The van der Waals surface area contributed by atoms with Crippen LogP contribution in [0, 0.1) is 13.8 Å². The Kier molecular flexibility index (Phi) is 4.11. The van der Waals surface area contributed by atoms with Gasteiger partial charge in [-0.3, -0.25) is 9.78 Å². The highest BCUT2D eigenvalue weighted by Crippen LogP contribution is 2.20. The molecular formula is C20H20N2O. The first kappa shape index (κ1) is 15.2. The molecule has 0 aliphatic rings. The molecule has 0 N–H and O–H groups in total. The molecule has 3 rings (SSSR count). The number of pyridine rings is 1. The quantitative estimate of drug-likeness (QED) is 0.729. The summed E-state index contributed by atoms with van der Waals surface area (Å²) in [7, 11) is 1.85. The van der Waals surface area contributed by atoms with Crippen LogP contribution in [0.15, 0.2) is 54.6 Å². The van der Waals surface area contributed by atoms with Crippen LogP contribution in [0.3, 0.4) is 0 Å². The summed E-state index contributed by atoms with van der Waals surface area (Å²) in [5.74, 6) is 0.0231. The summed E-state index contributed by atoms with van der Waals surface area (Å²) in [6.07, 6.45) is 0. The van der Waals surface area contributed by atoms with Crippen LogP contribution >= 0.6 is 0 Å². The van der Waals surface area contributed by atoms with Gasteiger partial charge in [0, 0.05) is 24.7 Å². The topological polar surface area (TPSA) is 33.2 Å². The van der Waals surface area contributed by atoms with E-state index >= 15 is 0 Å². The molecule has 3 aromatic rings. The van der Waals surface area contributed by atoms with Crippen molar-refractivity contribution in [1.82, 2.24) is 9.88 Å². The number of hydrogen-bond donors (Lipinski definition) is 0. The molecule has 0 aliphatic carbocycles. The molecule has 0 aliphatic heterocycles. The Morgan fingerprint density at radius 2 is 1.74 bits per heavy atom. The number of amides is 1. The molecule has 0 saturated heterocycles. The van der Waals surface area contributed by atoms with Crippen LogP contribution in [-0.4, -0.2) is 22.8 Å². The molecule has 1 amide bonds. The SMILES string of the molecule is Cc1cc(C(=O)N(C)Cc2ccccc2C)c2ccccc2n1. The average molecular weight is 304 g/mol. The number of rotatable bonds is 3. The zero-order valence-electron chi connectivity index (χ0n) is 13.7. The van der Waals surface area contributed by atoms with Crippen molar-refractivity contribution in [2.45, 2.75) is 20.4 Å². The number of hydrogen-bond acceptors (Lipinski definition) is 2. The van der Waals surface area contributed by atoms with Crippen molar-refractivity contribution in [3.05, 3.63) is 77.0 Å². The van der Waals surface area contributed by atoms with Crippen LogP contribution in [0.5, 0.6) is 0 Å². The highest BCUT2D eigenvalue weighted by atomic mass is 16.2. The smallest absolute Gasteiger partial charge is 0.254 e. The molecule has 0 spiro atoms. The van der Waals surface area contributed by atoms with Crippen molar-refractivity contribution in [2.75, 3.05) is 7.05 Å². The largest absolute Gasteiger partial charge is 0.337 e. The van der Waals surface area contributed by atoms with E-state index in [0.717, 1.165) is 16.6 Å². The molecule has 1 heterocycles. The number of fused-ring (bicyclic) bond motifs is 1. The van der Waals surface area contributed by atoms with E-state index in [-0.39, 0.29) is 5.91 Å². The fraction of sp³-hybridized carbons (Fsp3) is 0.200. The molecular weight excluding hydrogens is 284 g/mol. The van der Waals surface area contributed by atoms with Crippen LogP contribution < -0.4 is 0 Å². The fourth-order valence-corrected chi connectivity index (χ4v) is 2.81. The lowest BCUT2D eigenvalue weighted by molar-refractivity contribution is 0.0786. The van der Waals surface area contributed by atoms with Gasteiger partial charge in [-0.1, -0.05) is 42.5 Å². The summed E-state index contributed by atoms with van der Waals surface area (Å²) in [4.78, 5) is 19.2. The zero-order chi connectivity index (χ0) is 16.4. The zero-order valence-corrected chi connectivity index (χ0v) is 13.7. The van der Waals surface area contributed by atoms with E-state index in [1.165, 1.54) is 11.1 Å².